The molecule has 17 heavy (non-hydrogen) atoms. The minimum Gasteiger partial charge on any atom is -0.337 e. The minimum atomic E-state index is 0.235. The maximum atomic E-state index is 5.37. The van der Waals surface area contributed by atoms with E-state index in [2.05, 4.69) is 22.0 Å². The van der Waals surface area contributed by atoms with Gasteiger partial charge in [-0.25, -0.2) is 0 Å². The second-order valence-electron chi connectivity index (χ2n) is 4.35. The molecule has 2 aromatic heterocycles. The molecule has 3 heterocycles. The molecule has 3 rings (SSSR count). The lowest BCUT2D eigenvalue weighted by Gasteiger charge is -2.19. The van der Waals surface area contributed by atoms with E-state index in [9.17, 15) is 0 Å². The van der Waals surface area contributed by atoms with Crippen molar-refractivity contribution in [1.29, 1.82) is 0 Å². The van der Waals surface area contributed by atoms with Gasteiger partial charge in [0.25, 0.3) is 0 Å². The molecule has 0 unspecified atom stereocenters. The average Bonchev–Trinajstić information content (AvgIpc) is 3.09. The molecular formula is C12H15N3OS. The zero-order valence-corrected chi connectivity index (χ0v) is 10.6. The van der Waals surface area contributed by atoms with Crippen LogP contribution in [0.15, 0.2) is 22.0 Å². The van der Waals surface area contributed by atoms with Crippen molar-refractivity contribution >= 4 is 11.3 Å². The monoisotopic (exact) mass is 249 g/mol. The normalized spacial score (nSPS) is 18.6. The molecule has 1 fully saturated rings. The van der Waals surface area contributed by atoms with E-state index in [-0.39, 0.29) is 6.04 Å². The van der Waals surface area contributed by atoms with E-state index in [1.54, 1.807) is 11.3 Å². The highest BCUT2D eigenvalue weighted by Gasteiger charge is 2.24. The predicted molar refractivity (Wildman–Crippen MR) is 66.8 cm³/mol. The lowest BCUT2D eigenvalue weighted by molar-refractivity contribution is 0.209. The van der Waals surface area contributed by atoms with E-state index in [0.717, 1.165) is 23.9 Å². The van der Waals surface area contributed by atoms with E-state index in [1.807, 2.05) is 17.5 Å². The number of hydrogen-bond donors (Lipinski definition) is 0. The highest BCUT2D eigenvalue weighted by molar-refractivity contribution is 7.13. The van der Waals surface area contributed by atoms with Gasteiger partial charge < -0.3 is 4.52 Å². The largest absolute Gasteiger partial charge is 0.337 e. The summed E-state index contributed by atoms with van der Waals surface area (Å²) in [6.07, 6.45) is 2.55. The predicted octanol–water partition coefficient (Wildman–Crippen LogP) is 2.95. The van der Waals surface area contributed by atoms with Crippen LogP contribution in [0.5, 0.6) is 0 Å². The van der Waals surface area contributed by atoms with Crippen LogP contribution in [-0.4, -0.2) is 28.1 Å². The summed E-state index contributed by atoms with van der Waals surface area (Å²) < 4.78 is 5.37. The molecular weight excluding hydrogens is 234 g/mol. The van der Waals surface area contributed by atoms with Crippen LogP contribution in [0.1, 0.15) is 31.7 Å². The van der Waals surface area contributed by atoms with Crippen molar-refractivity contribution in [2.24, 2.45) is 0 Å². The molecule has 0 N–H and O–H groups in total. The van der Waals surface area contributed by atoms with E-state index >= 15 is 0 Å². The van der Waals surface area contributed by atoms with Gasteiger partial charge in [0, 0.05) is 0 Å². The molecule has 1 saturated heterocycles. The Hall–Kier alpha value is -1.20. The molecule has 4 nitrogen and oxygen atoms in total. The first-order valence-electron chi connectivity index (χ1n) is 5.96. The Labute approximate surface area is 104 Å². The zero-order chi connectivity index (χ0) is 11.7. The fourth-order valence-electron chi connectivity index (χ4n) is 2.20. The Balaban J connectivity index is 1.80. The fourth-order valence-corrected chi connectivity index (χ4v) is 2.85. The SMILES string of the molecule is C[C@@H](c1nc(-c2cccs2)no1)N1CCCC1. The molecule has 1 atom stereocenters. The molecule has 0 amide bonds. The lowest BCUT2D eigenvalue weighted by Crippen LogP contribution is -2.23. The van der Waals surface area contributed by atoms with Crippen LogP contribution in [0.4, 0.5) is 0 Å². The van der Waals surface area contributed by atoms with E-state index < -0.39 is 0 Å². The summed E-state index contributed by atoms with van der Waals surface area (Å²) in [6, 6.07) is 4.25. The quantitative estimate of drug-likeness (QED) is 0.838. The van der Waals surface area contributed by atoms with E-state index in [0.29, 0.717) is 5.82 Å². The average molecular weight is 249 g/mol. The third-order valence-electron chi connectivity index (χ3n) is 3.23. The number of aromatic nitrogens is 2. The number of rotatable bonds is 3. The van der Waals surface area contributed by atoms with Crippen molar-refractivity contribution in [2.45, 2.75) is 25.8 Å². The fraction of sp³-hybridized carbons (Fsp3) is 0.500. The van der Waals surface area contributed by atoms with Crippen molar-refractivity contribution in [2.75, 3.05) is 13.1 Å². The lowest BCUT2D eigenvalue weighted by atomic mass is 10.3. The Morgan fingerprint density at radius 2 is 2.24 bits per heavy atom. The molecule has 0 aromatic carbocycles. The van der Waals surface area contributed by atoms with Crippen LogP contribution in [0.25, 0.3) is 10.7 Å². The first-order valence-corrected chi connectivity index (χ1v) is 6.84. The third-order valence-corrected chi connectivity index (χ3v) is 4.09. The second kappa shape index (κ2) is 4.58. The van der Waals surface area contributed by atoms with Crippen LogP contribution < -0.4 is 0 Å². The number of likely N-dealkylation sites (tertiary alicyclic amines) is 1. The van der Waals surface area contributed by atoms with Crippen LogP contribution in [0.2, 0.25) is 0 Å². The van der Waals surface area contributed by atoms with Crippen molar-refractivity contribution < 1.29 is 4.52 Å². The first-order chi connectivity index (χ1) is 8.34. The molecule has 2 aromatic rings. The molecule has 0 bridgehead atoms. The van der Waals surface area contributed by atoms with Gasteiger partial charge in [0.2, 0.25) is 11.7 Å². The molecule has 5 heteroatoms. The Kier molecular flexibility index (Phi) is 2.94. The third kappa shape index (κ3) is 2.12. The first kappa shape index (κ1) is 10.9. The van der Waals surface area contributed by atoms with Crippen LogP contribution >= 0.6 is 11.3 Å². The van der Waals surface area contributed by atoms with E-state index in [1.165, 1.54) is 12.8 Å². The van der Waals surface area contributed by atoms with Crippen LogP contribution in [-0.2, 0) is 0 Å². The molecule has 1 aliphatic heterocycles. The second-order valence-corrected chi connectivity index (χ2v) is 5.30. The minimum absolute atomic E-state index is 0.235. The summed E-state index contributed by atoms with van der Waals surface area (Å²) in [6.45, 7) is 4.41. The summed E-state index contributed by atoms with van der Waals surface area (Å²) >= 11 is 1.63. The summed E-state index contributed by atoms with van der Waals surface area (Å²) in [5, 5.41) is 6.07. The van der Waals surface area contributed by atoms with Gasteiger partial charge in [-0.3, -0.25) is 4.90 Å². The molecule has 90 valence electrons. The van der Waals surface area contributed by atoms with Gasteiger partial charge in [-0.05, 0) is 44.3 Å². The maximum absolute atomic E-state index is 5.37. The highest BCUT2D eigenvalue weighted by atomic mass is 32.1. The zero-order valence-electron chi connectivity index (χ0n) is 9.80. The van der Waals surface area contributed by atoms with Crippen molar-refractivity contribution in [3.8, 4) is 10.7 Å². The van der Waals surface area contributed by atoms with Gasteiger partial charge >= 0.3 is 0 Å². The van der Waals surface area contributed by atoms with Gasteiger partial charge in [-0.15, -0.1) is 11.3 Å². The van der Waals surface area contributed by atoms with Gasteiger partial charge in [-0.2, -0.15) is 4.98 Å². The maximum Gasteiger partial charge on any atom is 0.244 e. The molecule has 0 aliphatic carbocycles. The van der Waals surface area contributed by atoms with Crippen molar-refractivity contribution in [3.63, 3.8) is 0 Å². The molecule has 0 spiro atoms. The Morgan fingerprint density at radius 3 is 2.94 bits per heavy atom. The Bertz CT molecular complexity index is 474. The van der Waals surface area contributed by atoms with Gasteiger partial charge in [0.15, 0.2) is 0 Å². The smallest absolute Gasteiger partial charge is 0.244 e. The summed E-state index contributed by atoms with van der Waals surface area (Å²) in [4.78, 5) is 7.95. The van der Waals surface area contributed by atoms with Gasteiger partial charge in [0.05, 0.1) is 10.9 Å². The molecule has 1 aliphatic rings. The Morgan fingerprint density at radius 1 is 1.41 bits per heavy atom. The number of thiophene rings is 1. The number of nitrogens with zero attached hydrogens (tertiary/aromatic N) is 3. The topological polar surface area (TPSA) is 42.2 Å². The highest BCUT2D eigenvalue weighted by Crippen LogP contribution is 2.26. The van der Waals surface area contributed by atoms with Crippen LogP contribution in [0, 0.1) is 0 Å². The van der Waals surface area contributed by atoms with Gasteiger partial charge in [-0.1, -0.05) is 11.2 Å². The molecule has 0 saturated carbocycles. The summed E-state index contributed by atoms with van der Waals surface area (Å²) in [5.74, 6) is 1.44. The standard InChI is InChI=1S/C12H15N3OS/c1-9(15-6-2-3-7-15)12-13-11(14-16-12)10-5-4-8-17-10/h4-5,8-9H,2-3,6-7H2,1H3/t9-/m0/s1. The van der Waals surface area contributed by atoms with Crippen molar-refractivity contribution in [1.82, 2.24) is 15.0 Å². The van der Waals surface area contributed by atoms with Gasteiger partial charge in [0.1, 0.15) is 0 Å². The van der Waals surface area contributed by atoms with Crippen molar-refractivity contribution in [3.05, 3.63) is 23.4 Å². The molecule has 0 radical (unpaired) electrons. The van der Waals surface area contributed by atoms with E-state index in [4.69, 9.17) is 4.52 Å². The summed E-state index contributed by atoms with van der Waals surface area (Å²) in [5.41, 5.74) is 0. The summed E-state index contributed by atoms with van der Waals surface area (Å²) in [7, 11) is 0. The number of hydrogen-bond acceptors (Lipinski definition) is 5. The van der Waals surface area contributed by atoms with Crippen LogP contribution in [0.3, 0.4) is 0 Å².